The Morgan fingerprint density at radius 2 is 1.73 bits per heavy atom. The number of ether oxygens (including phenoxy) is 1. The van der Waals surface area contributed by atoms with Gasteiger partial charge in [-0.3, -0.25) is 0 Å². The highest BCUT2D eigenvalue weighted by atomic mass is 19.2. The number of halogens is 3. The molecule has 1 fully saturated rings. The van der Waals surface area contributed by atoms with Gasteiger partial charge in [-0.15, -0.1) is 0 Å². The number of phenolic OH excluding ortho intramolecular Hbond substituents is 1. The molecule has 1 saturated heterocycles. The SMILES string of the molecule is Oc1ccc2c(C(O)c3ccc(OCCC4CCCCN4)cc3)c(-c3cc(F)cc(F)c3F)ccc2c1. The zero-order chi connectivity index (χ0) is 25.9. The summed E-state index contributed by atoms with van der Waals surface area (Å²) in [6, 6.07) is 16.5. The van der Waals surface area contributed by atoms with Crippen molar-refractivity contribution in [1.29, 1.82) is 0 Å². The molecule has 1 heterocycles. The first-order valence-corrected chi connectivity index (χ1v) is 12.5. The third-order valence-corrected chi connectivity index (χ3v) is 6.94. The largest absolute Gasteiger partial charge is 0.508 e. The number of hydrogen-bond acceptors (Lipinski definition) is 4. The number of aliphatic hydroxyl groups is 1. The molecule has 7 heteroatoms. The third kappa shape index (κ3) is 5.43. The smallest absolute Gasteiger partial charge is 0.166 e. The maximum Gasteiger partial charge on any atom is 0.166 e. The molecule has 1 aliphatic rings. The molecule has 0 spiro atoms. The van der Waals surface area contributed by atoms with Gasteiger partial charge in [0.1, 0.15) is 23.4 Å². The lowest BCUT2D eigenvalue weighted by atomic mass is 9.88. The third-order valence-electron chi connectivity index (χ3n) is 6.94. The Labute approximate surface area is 213 Å². The van der Waals surface area contributed by atoms with Crippen LogP contribution in [0.5, 0.6) is 11.5 Å². The zero-order valence-electron chi connectivity index (χ0n) is 20.2. The Balaban J connectivity index is 1.47. The number of hydrogen-bond donors (Lipinski definition) is 3. The molecule has 0 amide bonds. The van der Waals surface area contributed by atoms with Crippen molar-refractivity contribution in [3.8, 4) is 22.6 Å². The van der Waals surface area contributed by atoms with Crippen LogP contribution >= 0.6 is 0 Å². The van der Waals surface area contributed by atoms with Gasteiger partial charge in [-0.2, -0.15) is 0 Å². The van der Waals surface area contributed by atoms with Gasteiger partial charge in [-0.05, 0) is 78.0 Å². The molecule has 2 unspecified atom stereocenters. The van der Waals surface area contributed by atoms with E-state index in [0.29, 0.717) is 40.8 Å². The van der Waals surface area contributed by atoms with Crippen LogP contribution in [0.15, 0.2) is 66.7 Å². The molecule has 0 aromatic heterocycles. The van der Waals surface area contributed by atoms with Crippen molar-refractivity contribution in [1.82, 2.24) is 5.32 Å². The number of benzene rings is 4. The monoisotopic (exact) mass is 507 g/mol. The normalized spacial score (nSPS) is 16.6. The van der Waals surface area contributed by atoms with Gasteiger partial charge in [0, 0.05) is 23.2 Å². The Hall–Kier alpha value is -3.55. The van der Waals surface area contributed by atoms with Gasteiger partial charge in [0.2, 0.25) is 0 Å². The van der Waals surface area contributed by atoms with Gasteiger partial charge in [0.05, 0.1) is 6.61 Å². The first-order valence-electron chi connectivity index (χ1n) is 12.5. The van der Waals surface area contributed by atoms with E-state index in [1.165, 1.54) is 31.0 Å². The number of rotatable bonds is 7. The van der Waals surface area contributed by atoms with Gasteiger partial charge >= 0.3 is 0 Å². The fraction of sp³-hybridized carbons (Fsp3) is 0.267. The molecule has 5 rings (SSSR count). The fourth-order valence-electron chi connectivity index (χ4n) is 5.03. The van der Waals surface area contributed by atoms with E-state index in [1.807, 2.05) is 0 Å². The van der Waals surface area contributed by atoms with Crippen LogP contribution < -0.4 is 10.1 Å². The Morgan fingerprint density at radius 1 is 0.919 bits per heavy atom. The molecule has 192 valence electrons. The first kappa shape index (κ1) is 25.1. The number of piperidine rings is 1. The molecule has 0 saturated carbocycles. The van der Waals surface area contributed by atoms with Gasteiger partial charge in [-0.1, -0.05) is 36.8 Å². The first-order chi connectivity index (χ1) is 17.9. The van der Waals surface area contributed by atoms with E-state index in [4.69, 9.17) is 4.74 Å². The zero-order valence-corrected chi connectivity index (χ0v) is 20.2. The Kier molecular flexibility index (Phi) is 7.35. The van der Waals surface area contributed by atoms with Crippen molar-refractivity contribution < 1.29 is 28.1 Å². The summed E-state index contributed by atoms with van der Waals surface area (Å²) in [7, 11) is 0. The molecule has 1 aliphatic heterocycles. The van der Waals surface area contributed by atoms with Gasteiger partial charge in [0.15, 0.2) is 11.6 Å². The minimum Gasteiger partial charge on any atom is -0.508 e. The second kappa shape index (κ2) is 10.8. The van der Waals surface area contributed by atoms with Crippen LogP contribution in [0.25, 0.3) is 21.9 Å². The molecule has 0 bridgehead atoms. The lowest BCUT2D eigenvalue weighted by molar-refractivity contribution is 0.222. The molecule has 4 nitrogen and oxygen atoms in total. The molecule has 0 aliphatic carbocycles. The van der Waals surface area contributed by atoms with Gasteiger partial charge < -0.3 is 20.3 Å². The van der Waals surface area contributed by atoms with Crippen LogP contribution in [-0.2, 0) is 0 Å². The predicted octanol–water partition coefficient (Wildman–Crippen LogP) is 6.62. The second-order valence-corrected chi connectivity index (χ2v) is 9.44. The van der Waals surface area contributed by atoms with Crippen molar-refractivity contribution in [2.45, 2.75) is 37.8 Å². The second-order valence-electron chi connectivity index (χ2n) is 9.44. The molecule has 37 heavy (non-hydrogen) atoms. The molecule has 3 N–H and O–H groups in total. The van der Waals surface area contributed by atoms with Crippen LogP contribution in [0.2, 0.25) is 0 Å². The van der Waals surface area contributed by atoms with Crippen LogP contribution in [0.3, 0.4) is 0 Å². The molecule has 2 atom stereocenters. The minimum absolute atomic E-state index is 0.0219. The number of aliphatic hydroxyl groups excluding tert-OH is 1. The average molecular weight is 508 g/mol. The average Bonchev–Trinajstić information content (AvgIpc) is 2.90. The van der Waals surface area contributed by atoms with E-state index in [-0.39, 0.29) is 22.4 Å². The summed E-state index contributed by atoms with van der Waals surface area (Å²) in [6.45, 7) is 1.61. The summed E-state index contributed by atoms with van der Waals surface area (Å²) in [5, 5.41) is 26.0. The van der Waals surface area contributed by atoms with Crippen molar-refractivity contribution in [3.05, 3.63) is 95.3 Å². The van der Waals surface area contributed by atoms with E-state index in [1.54, 1.807) is 36.4 Å². The van der Waals surface area contributed by atoms with Crippen LogP contribution in [0, 0.1) is 17.5 Å². The lowest BCUT2D eigenvalue weighted by Gasteiger charge is -2.23. The van der Waals surface area contributed by atoms with Crippen LogP contribution in [0.4, 0.5) is 13.2 Å². The van der Waals surface area contributed by atoms with Gasteiger partial charge in [0.25, 0.3) is 0 Å². The number of fused-ring (bicyclic) bond motifs is 1. The summed E-state index contributed by atoms with van der Waals surface area (Å²) in [5.41, 5.74) is 0.638. The number of nitrogens with one attached hydrogen (secondary N) is 1. The maximum atomic E-state index is 14.8. The molecular formula is C30H28F3NO3. The highest BCUT2D eigenvalue weighted by molar-refractivity contribution is 5.93. The number of aromatic hydroxyl groups is 1. The quantitative estimate of drug-likeness (QED) is 0.246. The lowest BCUT2D eigenvalue weighted by Crippen LogP contribution is -2.35. The Bertz CT molecular complexity index is 1400. The van der Waals surface area contributed by atoms with Crippen molar-refractivity contribution in [3.63, 3.8) is 0 Å². The minimum atomic E-state index is -1.31. The fourth-order valence-corrected chi connectivity index (χ4v) is 5.03. The van der Waals surface area contributed by atoms with E-state index < -0.39 is 23.6 Å². The van der Waals surface area contributed by atoms with E-state index in [0.717, 1.165) is 25.5 Å². The van der Waals surface area contributed by atoms with E-state index >= 15 is 0 Å². The van der Waals surface area contributed by atoms with E-state index in [2.05, 4.69) is 5.32 Å². The molecule has 4 aromatic rings. The molecule has 4 aromatic carbocycles. The Morgan fingerprint density at radius 3 is 2.49 bits per heavy atom. The van der Waals surface area contributed by atoms with E-state index in [9.17, 15) is 23.4 Å². The summed E-state index contributed by atoms with van der Waals surface area (Å²) < 4.78 is 48.8. The number of phenols is 1. The standard InChI is InChI=1S/C30H28F3NO3/c31-20-16-26(29(33)27(32)17-20)25-10-6-19-15-22(35)7-11-24(19)28(25)30(36)18-4-8-23(9-5-18)37-14-12-21-3-1-2-13-34-21/h4-11,15-17,21,30,34-36H,1-3,12-14H2. The summed E-state index contributed by atoms with van der Waals surface area (Å²) >= 11 is 0. The van der Waals surface area contributed by atoms with Crippen LogP contribution in [0.1, 0.15) is 42.9 Å². The predicted molar refractivity (Wildman–Crippen MR) is 137 cm³/mol. The molecule has 0 radical (unpaired) electrons. The maximum absolute atomic E-state index is 14.8. The summed E-state index contributed by atoms with van der Waals surface area (Å²) in [5.74, 6) is -2.76. The highest BCUT2D eigenvalue weighted by Crippen LogP contribution is 2.40. The summed E-state index contributed by atoms with van der Waals surface area (Å²) in [4.78, 5) is 0. The van der Waals surface area contributed by atoms with Crippen molar-refractivity contribution >= 4 is 10.8 Å². The molecular weight excluding hydrogens is 479 g/mol. The van der Waals surface area contributed by atoms with Crippen molar-refractivity contribution in [2.24, 2.45) is 0 Å². The topological polar surface area (TPSA) is 61.7 Å². The highest BCUT2D eigenvalue weighted by Gasteiger charge is 2.23. The van der Waals surface area contributed by atoms with Crippen molar-refractivity contribution in [2.75, 3.05) is 13.2 Å². The van der Waals surface area contributed by atoms with Gasteiger partial charge in [-0.25, -0.2) is 13.2 Å². The summed E-state index contributed by atoms with van der Waals surface area (Å²) in [6.07, 6.45) is 3.25. The van der Waals surface area contributed by atoms with Crippen LogP contribution in [-0.4, -0.2) is 29.4 Å².